The fourth-order valence-electron chi connectivity index (χ4n) is 11.2. The first-order valence-electron chi connectivity index (χ1n) is 32.9. The Kier molecular flexibility index (Phi) is 28.4. The highest BCUT2D eigenvalue weighted by Gasteiger charge is 2.46. The summed E-state index contributed by atoms with van der Waals surface area (Å²) in [5.74, 6) is -27.9. The Balaban J connectivity index is 1.37. The average Bonchev–Trinajstić information content (AvgIpc) is 1.70. The zero-order chi connectivity index (χ0) is 78.7. The van der Waals surface area contributed by atoms with Crippen LogP contribution >= 0.6 is 0 Å². The molecule has 2 aliphatic rings. The normalized spacial score (nSPS) is 24.1. The number of para-hydroxylation sites is 1. The van der Waals surface area contributed by atoms with Crippen LogP contribution in [0.25, 0.3) is 21.8 Å². The van der Waals surface area contributed by atoms with E-state index >= 15 is 14.4 Å². The lowest BCUT2D eigenvalue weighted by Crippen LogP contribution is -2.63. The molecule has 14 atom stereocenters. The minimum absolute atomic E-state index is 0.0225. The molecule has 107 heavy (non-hydrogen) atoms. The highest BCUT2D eigenvalue weighted by molar-refractivity contribution is 6.02. The van der Waals surface area contributed by atoms with Gasteiger partial charge in [0.05, 0.1) is 38.5 Å². The number of aromatic nitrogens is 2. The van der Waals surface area contributed by atoms with Crippen molar-refractivity contribution in [2.45, 2.75) is 156 Å². The second-order valence-electron chi connectivity index (χ2n) is 24.8. The number of esters is 1. The van der Waals surface area contributed by atoms with Gasteiger partial charge in [-0.2, -0.15) is 0 Å². The summed E-state index contributed by atoms with van der Waals surface area (Å²) in [5.41, 5.74) is 5.92. The molecule has 41 heteroatoms. The highest BCUT2D eigenvalue weighted by Crippen LogP contribution is 2.28. The van der Waals surface area contributed by atoms with Crippen molar-refractivity contribution in [1.29, 1.82) is 0 Å². The number of epoxide rings is 1. The number of amides is 12. The summed E-state index contributed by atoms with van der Waals surface area (Å²) in [4.78, 5) is 240. The van der Waals surface area contributed by atoms with Gasteiger partial charge in [-0.25, -0.2) is 9.18 Å². The summed E-state index contributed by atoms with van der Waals surface area (Å²) in [7, 11) is 0. The number of rotatable bonds is 23. The van der Waals surface area contributed by atoms with Gasteiger partial charge in [0.15, 0.2) is 12.2 Å². The number of hydrogen-bond donors (Lipinski definition) is 21. The molecular formula is C66H77FN14O26. The predicted octanol–water partition coefficient (Wildman–Crippen LogP) is -5.74. The maximum atomic E-state index is 15.3. The number of hydrogen-bond acceptors (Lipinski definition) is 22. The van der Waals surface area contributed by atoms with Crippen LogP contribution in [0.3, 0.4) is 0 Å². The maximum Gasteiger partial charge on any atom is 0.329 e. The molecular weight excluding hydrogens is 1420 g/mol. The first-order chi connectivity index (χ1) is 50.6. The summed E-state index contributed by atoms with van der Waals surface area (Å²) >= 11 is 0. The van der Waals surface area contributed by atoms with Crippen molar-refractivity contribution in [3.05, 3.63) is 102 Å². The Bertz CT molecular complexity index is 4240. The number of nitrogens with one attached hydrogen (secondary N) is 13. The smallest absolute Gasteiger partial charge is 0.329 e. The van der Waals surface area contributed by atoms with Gasteiger partial charge in [0.1, 0.15) is 78.1 Å². The number of primary amides is 1. The summed E-state index contributed by atoms with van der Waals surface area (Å²) in [5, 5.41) is 95.4. The van der Waals surface area contributed by atoms with E-state index in [-0.39, 0.29) is 27.6 Å². The third-order valence-corrected chi connectivity index (χ3v) is 16.8. The summed E-state index contributed by atoms with van der Waals surface area (Å²) < 4.78 is 26.2. The second-order valence-corrected chi connectivity index (χ2v) is 24.8. The van der Waals surface area contributed by atoms with Gasteiger partial charge in [0.2, 0.25) is 65.0 Å². The van der Waals surface area contributed by atoms with Gasteiger partial charge in [0, 0.05) is 53.5 Å². The number of aliphatic hydroxyl groups excluding tert-OH is 2. The molecule has 0 saturated carbocycles. The number of fused-ring (bicyclic) bond motifs is 2. The van der Waals surface area contributed by atoms with Crippen LogP contribution in [-0.4, -0.2) is 238 Å². The first-order valence-corrected chi connectivity index (χ1v) is 32.9. The number of carbonyl (C=O) groups is 17. The van der Waals surface area contributed by atoms with E-state index in [0.717, 1.165) is 43.3 Å². The number of cyclic esters (lactones) is 1. The van der Waals surface area contributed by atoms with Crippen molar-refractivity contribution >= 4 is 123 Å². The monoisotopic (exact) mass is 1500 g/mol. The second kappa shape index (κ2) is 37.2. The molecule has 574 valence electrons. The molecule has 2 fully saturated rings. The summed E-state index contributed by atoms with van der Waals surface area (Å²) in [6, 6.07) is -8.80. The number of carboxylic acids is 4. The highest BCUT2D eigenvalue weighted by atomic mass is 19.1. The molecule has 3 aromatic carbocycles. The number of aliphatic hydroxyl groups is 2. The lowest BCUT2D eigenvalue weighted by Gasteiger charge is -2.30. The Morgan fingerprint density at radius 2 is 1.14 bits per heavy atom. The molecule has 0 spiro atoms. The van der Waals surface area contributed by atoms with E-state index in [2.05, 4.69) is 41.9 Å². The van der Waals surface area contributed by atoms with Crippen molar-refractivity contribution < 1.29 is 131 Å². The molecule has 7 rings (SSSR count). The van der Waals surface area contributed by atoms with Crippen LogP contribution in [0.15, 0.2) is 79.1 Å². The Morgan fingerprint density at radius 1 is 0.607 bits per heavy atom. The predicted molar refractivity (Wildman–Crippen MR) is 358 cm³/mol. The number of nitrogens with two attached hydrogens (primary N) is 1. The molecule has 5 aromatic rings. The van der Waals surface area contributed by atoms with E-state index < -0.39 is 255 Å². The fraction of sp³-hybridized carbons (Fsp3) is 0.409. The topological polar surface area (TPSA) is 643 Å². The van der Waals surface area contributed by atoms with Crippen LogP contribution in [0.4, 0.5) is 4.39 Å². The molecule has 0 unspecified atom stereocenters. The standard InChI is InChI=1S/C66H77FN14O26/c1-3-6-44-54(107-44)65(104)78-43(26-82)61(100)80-50-27(2)106-66(105)42(18-30-24-70-36-14-11-31(67)19-34(30)36)77-57(96)37(15-16-46(85)86)72-64(103)52(53(93)55(68)94)79-45(84)25-71-56(95)39(20-47(87)88)76-63(102)51(28-9-12-32(83)13-10-28)81-60(99)41(22-49(91)92)74-59(98)40(21-48(89)90)73-58(97)38(75-62(50)101)17-29-23-69-35-8-5-4-7-33(29)35/h4-5,7-14,19,23-24,27,37-44,50-54,69-70,82-83,93H,3,6,15-18,20-22,25-26H2,1-2H3,(H2,68,94)(H,71,95)(H,72,103)(H,73,97)(H,74,98)(H,75,101)(H,76,102)(H,77,96)(H,78,104)(H,79,84)(H,80,100)(H,81,99)(H,85,86)(H,87,88)(H,89,90)(H,91,92)/t27-,37+,38-,39+,40+,41+,42+,43+,44-,50+,51-,52+,53+,54+/m1/s1. The summed E-state index contributed by atoms with van der Waals surface area (Å²) in [6.45, 7) is 0.231. The third-order valence-electron chi connectivity index (χ3n) is 16.8. The third kappa shape index (κ3) is 22.9. The molecule has 2 aliphatic heterocycles. The minimum atomic E-state index is -2.75. The number of phenolic OH excluding ortho intramolecular Hbond substituents is 1. The quantitative estimate of drug-likeness (QED) is 0.0214. The molecule has 22 N–H and O–H groups in total. The van der Waals surface area contributed by atoms with Crippen LogP contribution < -0.4 is 64.2 Å². The van der Waals surface area contributed by atoms with Crippen LogP contribution in [-0.2, 0) is 104 Å². The van der Waals surface area contributed by atoms with E-state index in [1.54, 1.807) is 31.2 Å². The van der Waals surface area contributed by atoms with Gasteiger partial charge in [-0.15, -0.1) is 0 Å². The number of aliphatic carboxylic acids is 4. The molecule has 2 aromatic heterocycles. The van der Waals surface area contributed by atoms with Crippen LogP contribution in [0.5, 0.6) is 5.75 Å². The van der Waals surface area contributed by atoms with Gasteiger partial charge >= 0.3 is 29.8 Å². The molecule has 4 heterocycles. The van der Waals surface area contributed by atoms with Gasteiger partial charge in [-0.05, 0) is 72.9 Å². The number of aromatic amines is 2. The number of halogens is 1. The van der Waals surface area contributed by atoms with Crippen molar-refractivity contribution in [1.82, 2.24) is 68.5 Å². The number of phenols is 1. The van der Waals surface area contributed by atoms with Crippen LogP contribution in [0, 0.1) is 5.82 Å². The number of carboxylic acid groups (broad SMARTS) is 4. The van der Waals surface area contributed by atoms with Gasteiger partial charge in [-0.3, -0.25) is 76.7 Å². The van der Waals surface area contributed by atoms with Gasteiger partial charge < -0.3 is 119 Å². The molecule has 2 saturated heterocycles. The summed E-state index contributed by atoms with van der Waals surface area (Å²) in [6.07, 6.45) is -10.4. The SMILES string of the molecule is CCC[C@H]1O[C@@H]1C(=O)N[C@@H](CO)C(=O)N[C@@H]1C(=O)N[C@H](Cc2c[nH]c3ccccc23)C(=O)N[C@@H](CC(=O)O)C(=O)N[C@@H](CC(=O)O)C(=O)N[C@H](c2ccc(O)cc2)C(=O)N[C@@H](CC(=O)O)C(=O)NCC(=O)N[C@@H]([C@H](O)C(N)=O)C(=O)N[C@@H](CCC(=O)O)C(=O)N[C@@H](Cc2c[nH]c3ccc(F)cc23)C(=O)O[C@@H]1C. The van der Waals surface area contributed by atoms with Crippen LogP contribution in [0.1, 0.15) is 81.5 Å². The fourth-order valence-corrected chi connectivity index (χ4v) is 11.2. The van der Waals surface area contributed by atoms with E-state index in [1.165, 1.54) is 18.5 Å². The van der Waals surface area contributed by atoms with E-state index in [1.807, 2.05) is 26.6 Å². The van der Waals surface area contributed by atoms with E-state index in [0.29, 0.717) is 23.7 Å². The van der Waals surface area contributed by atoms with Crippen molar-refractivity contribution in [2.24, 2.45) is 5.73 Å². The van der Waals surface area contributed by atoms with Crippen molar-refractivity contribution in [3.63, 3.8) is 0 Å². The zero-order valence-electron chi connectivity index (χ0n) is 56.7. The molecule has 12 amide bonds. The van der Waals surface area contributed by atoms with Gasteiger partial charge in [-0.1, -0.05) is 43.7 Å². The molecule has 0 aliphatic carbocycles. The number of ether oxygens (including phenoxy) is 2. The molecule has 0 radical (unpaired) electrons. The number of H-pyrrole nitrogens is 2. The zero-order valence-corrected chi connectivity index (χ0v) is 56.7. The first kappa shape index (κ1) is 81.6. The van der Waals surface area contributed by atoms with E-state index in [4.69, 9.17) is 15.2 Å². The van der Waals surface area contributed by atoms with Gasteiger partial charge in [0.25, 0.3) is 5.91 Å². The Labute approximate surface area is 602 Å². The minimum Gasteiger partial charge on any atom is -0.508 e. The van der Waals surface area contributed by atoms with Crippen molar-refractivity contribution in [3.8, 4) is 5.75 Å². The molecule has 0 bridgehead atoms. The molecule has 40 nitrogen and oxygen atoms in total. The Hall–Kier alpha value is -12.7. The number of carbonyl (C=O) groups excluding carboxylic acids is 13. The lowest BCUT2D eigenvalue weighted by atomic mass is 10.0. The van der Waals surface area contributed by atoms with Crippen LogP contribution in [0.2, 0.25) is 0 Å². The van der Waals surface area contributed by atoms with E-state index in [9.17, 15) is 107 Å². The average molecular weight is 1500 g/mol. The van der Waals surface area contributed by atoms with Crippen molar-refractivity contribution in [2.75, 3.05) is 13.2 Å². The maximum absolute atomic E-state index is 15.3. The Morgan fingerprint density at radius 3 is 1.74 bits per heavy atom. The lowest BCUT2D eigenvalue weighted by molar-refractivity contribution is -0.156. The largest absolute Gasteiger partial charge is 0.508 e. The number of aromatic hydroxyl groups is 1. The number of benzene rings is 3.